The maximum Gasteiger partial charge on any atom is 0.235 e. The van der Waals surface area contributed by atoms with Crippen LogP contribution >= 0.6 is 12.2 Å². The van der Waals surface area contributed by atoms with Crippen molar-refractivity contribution in [3.63, 3.8) is 0 Å². The van der Waals surface area contributed by atoms with Gasteiger partial charge in [-0.25, -0.2) is 0 Å². The largest absolute Gasteiger partial charge is 0.392 e. The van der Waals surface area contributed by atoms with Crippen LogP contribution in [0.1, 0.15) is 26.2 Å². The molecule has 1 fully saturated rings. The fourth-order valence-corrected chi connectivity index (χ4v) is 2.86. The van der Waals surface area contributed by atoms with Crippen LogP contribution in [0.4, 0.5) is 0 Å². The summed E-state index contributed by atoms with van der Waals surface area (Å²) in [5, 5.41) is 0. The van der Waals surface area contributed by atoms with E-state index in [1.807, 2.05) is 25.9 Å². The summed E-state index contributed by atoms with van der Waals surface area (Å²) in [6.45, 7) is 5.51. The number of thiocarbonyl (C=S) groups is 1. The Morgan fingerprint density at radius 2 is 1.90 bits per heavy atom. The highest BCUT2D eigenvalue weighted by atomic mass is 32.1. The number of amides is 1. The Labute approximate surface area is 127 Å². The van der Waals surface area contributed by atoms with Crippen molar-refractivity contribution in [2.45, 2.75) is 26.2 Å². The summed E-state index contributed by atoms with van der Waals surface area (Å²) in [5.41, 5.74) is 5.20. The first-order valence-corrected chi connectivity index (χ1v) is 7.66. The van der Waals surface area contributed by atoms with E-state index >= 15 is 0 Å². The van der Waals surface area contributed by atoms with E-state index in [0.717, 1.165) is 19.5 Å². The Hall–Kier alpha value is -0.720. The van der Waals surface area contributed by atoms with Gasteiger partial charge in [0.25, 0.3) is 0 Å². The van der Waals surface area contributed by atoms with E-state index in [0.29, 0.717) is 37.6 Å². The molecule has 0 aliphatic carbocycles. The number of ether oxygens (including phenoxy) is 1. The first-order chi connectivity index (χ1) is 9.44. The lowest BCUT2D eigenvalue weighted by Crippen LogP contribution is -2.53. The quantitative estimate of drug-likeness (QED) is 0.707. The number of rotatable bonds is 7. The van der Waals surface area contributed by atoms with Crippen molar-refractivity contribution in [1.82, 2.24) is 9.80 Å². The van der Waals surface area contributed by atoms with Crippen LogP contribution in [-0.2, 0) is 9.53 Å². The monoisotopic (exact) mass is 301 g/mol. The van der Waals surface area contributed by atoms with Gasteiger partial charge in [-0.15, -0.1) is 0 Å². The first-order valence-electron chi connectivity index (χ1n) is 7.26. The third kappa shape index (κ3) is 4.14. The molecule has 0 atom stereocenters. The maximum atomic E-state index is 12.9. The van der Waals surface area contributed by atoms with Crippen molar-refractivity contribution in [2.75, 3.05) is 46.9 Å². The summed E-state index contributed by atoms with van der Waals surface area (Å²) in [7, 11) is 4.07. The first kappa shape index (κ1) is 17.3. The van der Waals surface area contributed by atoms with Crippen LogP contribution in [0.5, 0.6) is 0 Å². The number of nitrogens with zero attached hydrogens (tertiary/aromatic N) is 2. The fourth-order valence-electron chi connectivity index (χ4n) is 2.57. The van der Waals surface area contributed by atoms with Gasteiger partial charge in [0.15, 0.2) is 0 Å². The lowest BCUT2D eigenvalue weighted by Gasteiger charge is -2.38. The molecule has 116 valence electrons. The van der Waals surface area contributed by atoms with Gasteiger partial charge in [0, 0.05) is 26.3 Å². The average Bonchev–Trinajstić information content (AvgIpc) is 2.43. The molecule has 0 bridgehead atoms. The standard InChI is InChI=1S/C14H27N3O2S/c1-4-17(9-5-8-16(2)3)13(18)14(12(15)20)6-10-19-11-7-14/h4-11H2,1-3H3,(H2,15,20). The zero-order valence-electron chi connectivity index (χ0n) is 12.9. The van der Waals surface area contributed by atoms with Gasteiger partial charge in [0.2, 0.25) is 5.91 Å². The highest BCUT2D eigenvalue weighted by molar-refractivity contribution is 7.80. The van der Waals surface area contributed by atoms with Crippen LogP contribution in [-0.4, -0.2) is 67.6 Å². The van der Waals surface area contributed by atoms with E-state index in [9.17, 15) is 4.79 Å². The zero-order valence-corrected chi connectivity index (χ0v) is 13.7. The van der Waals surface area contributed by atoms with Crippen molar-refractivity contribution in [2.24, 2.45) is 11.1 Å². The Balaban J connectivity index is 2.73. The predicted molar refractivity (Wildman–Crippen MR) is 84.7 cm³/mol. The van der Waals surface area contributed by atoms with Gasteiger partial charge in [-0.3, -0.25) is 4.79 Å². The molecule has 0 aromatic carbocycles. The maximum absolute atomic E-state index is 12.9. The minimum Gasteiger partial charge on any atom is -0.392 e. The van der Waals surface area contributed by atoms with E-state index in [-0.39, 0.29) is 5.91 Å². The molecule has 0 saturated carbocycles. The van der Waals surface area contributed by atoms with E-state index < -0.39 is 5.41 Å². The molecule has 0 radical (unpaired) electrons. The van der Waals surface area contributed by atoms with Crippen molar-refractivity contribution in [3.8, 4) is 0 Å². The normalized spacial score (nSPS) is 18.0. The number of nitrogens with two attached hydrogens (primary N) is 1. The van der Waals surface area contributed by atoms with Crippen LogP contribution in [0.2, 0.25) is 0 Å². The Morgan fingerprint density at radius 3 is 2.35 bits per heavy atom. The predicted octanol–water partition coefficient (Wildman–Crippen LogP) is 0.870. The van der Waals surface area contributed by atoms with Crippen LogP contribution in [0, 0.1) is 5.41 Å². The highest BCUT2D eigenvalue weighted by Crippen LogP contribution is 2.33. The SMILES string of the molecule is CCN(CCCN(C)C)C(=O)C1(C(N)=S)CCOCC1. The van der Waals surface area contributed by atoms with Crippen molar-refractivity contribution < 1.29 is 9.53 Å². The lowest BCUT2D eigenvalue weighted by molar-refractivity contribution is -0.142. The second kappa shape index (κ2) is 7.90. The molecule has 0 aromatic rings. The van der Waals surface area contributed by atoms with Crippen LogP contribution in [0.3, 0.4) is 0 Å². The van der Waals surface area contributed by atoms with Gasteiger partial charge in [0.1, 0.15) is 5.41 Å². The van der Waals surface area contributed by atoms with Gasteiger partial charge in [-0.1, -0.05) is 12.2 Å². The molecule has 1 rings (SSSR count). The molecular weight excluding hydrogens is 274 g/mol. The van der Waals surface area contributed by atoms with E-state index in [2.05, 4.69) is 4.90 Å². The van der Waals surface area contributed by atoms with Gasteiger partial charge in [-0.05, 0) is 46.8 Å². The number of carbonyl (C=O) groups is 1. The lowest BCUT2D eigenvalue weighted by atomic mass is 9.78. The molecule has 1 saturated heterocycles. The molecule has 6 heteroatoms. The van der Waals surface area contributed by atoms with Crippen molar-refractivity contribution in [3.05, 3.63) is 0 Å². The minimum atomic E-state index is -0.693. The molecule has 2 N–H and O–H groups in total. The summed E-state index contributed by atoms with van der Waals surface area (Å²) < 4.78 is 5.36. The molecule has 1 heterocycles. The molecular formula is C14H27N3O2S. The molecule has 0 aromatic heterocycles. The average molecular weight is 301 g/mol. The molecule has 0 unspecified atom stereocenters. The van der Waals surface area contributed by atoms with Crippen LogP contribution in [0.15, 0.2) is 0 Å². The van der Waals surface area contributed by atoms with E-state index in [4.69, 9.17) is 22.7 Å². The number of hydrogen-bond acceptors (Lipinski definition) is 4. The molecule has 1 aliphatic heterocycles. The summed E-state index contributed by atoms with van der Waals surface area (Å²) in [6, 6.07) is 0. The molecule has 1 amide bonds. The zero-order chi connectivity index (χ0) is 15.2. The van der Waals surface area contributed by atoms with Gasteiger partial charge in [-0.2, -0.15) is 0 Å². The van der Waals surface area contributed by atoms with Crippen LogP contribution in [0.25, 0.3) is 0 Å². The summed E-state index contributed by atoms with van der Waals surface area (Å²) in [4.78, 5) is 17.2. The third-order valence-corrected chi connectivity index (χ3v) is 4.32. The summed E-state index contributed by atoms with van der Waals surface area (Å²) >= 11 is 5.19. The Kier molecular flexibility index (Phi) is 6.85. The molecule has 1 aliphatic rings. The minimum absolute atomic E-state index is 0.0783. The topological polar surface area (TPSA) is 58.8 Å². The summed E-state index contributed by atoms with van der Waals surface area (Å²) in [5.74, 6) is 0.0783. The van der Waals surface area contributed by atoms with Crippen LogP contribution < -0.4 is 5.73 Å². The third-order valence-electron chi connectivity index (χ3n) is 3.93. The molecule has 5 nitrogen and oxygen atoms in total. The second-order valence-corrected chi connectivity index (χ2v) is 6.04. The van der Waals surface area contributed by atoms with E-state index in [1.54, 1.807) is 0 Å². The van der Waals surface area contributed by atoms with Gasteiger partial charge >= 0.3 is 0 Å². The Bertz CT molecular complexity index is 341. The number of carbonyl (C=O) groups excluding carboxylic acids is 1. The van der Waals surface area contributed by atoms with Crippen molar-refractivity contribution in [1.29, 1.82) is 0 Å². The molecule has 0 spiro atoms. The summed E-state index contributed by atoms with van der Waals surface area (Å²) in [6.07, 6.45) is 2.16. The van der Waals surface area contributed by atoms with Crippen molar-refractivity contribution >= 4 is 23.1 Å². The van der Waals surface area contributed by atoms with Gasteiger partial charge < -0.3 is 20.3 Å². The second-order valence-electron chi connectivity index (χ2n) is 5.60. The fraction of sp³-hybridized carbons (Fsp3) is 0.857. The number of hydrogen-bond donors (Lipinski definition) is 1. The van der Waals surface area contributed by atoms with E-state index in [1.165, 1.54) is 0 Å². The molecule has 20 heavy (non-hydrogen) atoms. The highest BCUT2D eigenvalue weighted by Gasteiger charge is 2.44. The smallest absolute Gasteiger partial charge is 0.235 e. The van der Waals surface area contributed by atoms with Gasteiger partial charge in [0.05, 0.1) is 4.99 Å². The Morgan fingerprint density at radius 1 is 1.30 bits per heavy atom.